The third kappa shape index (κ3) is 2.27. The van der Waals surface area contributed by atoms with E-state index in [4.69, 9.17) is 21.9 Å². The molecule has 0 bridgehead atoms. The first-order chi connectivity index (χ1) is 10.1. The predicted octanol–water partition coefficient (Wildman–Crippen LogP) is 1.93. The number of anilines is 1. The maximum atomic E-state index is 10.7. The van der Waals surface area contributed by atoms with E-state index in [1.807, 2.05) is 0 Å². The molecule has 0 amide bonds. The van der Waals surface area contributed by atoms with Crippen LogP contribution in [-0.2, 0) is 0 Å². The molecule has 0 unspecified atom stereocenters. The van der Waals surface area contributed by atoms with E-state index in [2.05, 4.69) is 25.1 Å². The first kappa shape index (κ1) is 13.0. The minimum absolute atomic E-state index is 0.0112. The average Bonchev–Trinajstić information content (AvgIpc) is 3.07. The number of benzene rings is 1. The van der Waals surface area contributed by atoms with E-state index < -0.39 is 4.92 Å². The lowest BCUT2D eigenvalue weighted by Gasteiger charge is -1.97. The third-order valence-electron chi connectivity index (χ3n) is 2.55. The molecule has 11 heteroatoms. The highest BCUT2D eigenvalue weighted by Crippen LogP contribution is 2.31. The molecule has 0 fully saturated rings. The molecule has 2 N–H and O–H groups in total. The molecular weight excluding hydrogens is 304 g/mol. The van der Waals surface area contributed by atoms with Crippen molar-refractivity contribution in [2.45, 2.75) is 0 Å². The van der Waals surface area contributed by atoms with Gasteiger partial charge in [-0.25, -0.2) is 4.63 Å². The lowest BCUT2D eigenvalue weighted by atomic mass is 10.2. The van der Waals surface area contributed by atoms with Gasteiger partial charge in [0.05, 0.1) is 15.5 Å². The van der Waals surface area contributed by atoms with Gasteiger partial charge in [-0.2, -0.15) is 4.98 Å². The molecule has 2 heterocycles. The van der Waals surface area contributed by atoms with Crippen LogP contribution in [-0.4, -0.2) is 25.4 Å². The lowest BCUT2D eigenvalue weighted by Crippen LogP contribution is -1.90. The van der Waals surface area contributed by atoms with Gasteiger partial charge < -0.3 is 10.3 Å². The largest absolute Gasteiger partial charge is 0.379 e. The van der Waals surface area contributed by atoms with Gasteiger partial charge in [0.2, 0.25) is 5.82 Å². The van der Waals surface area contributed by atoms with Crippen LogP contribution >= 0.6 is 11.6 Å². The first-order valence-electron chi connectivity index (χ1n) is 5.42. The molecule has 0 spiro atoms. The van der Waals surface area contributed by atoms with Crippen LogP contribution in [0.1, 0.15) is 0 Å². The molecule has 3 rings (SSSR count). The number of hydrogen-bond donors (Lipinski definition) is 1. The molecule has 0 aliphatic rings. The Morgan fingerprint density at radius 1 is 1.29 bits per heavy atom. The summed E-state index contributed by atoms with van der Waals surface area (Å²) in [6.45, 7) is 0. The molecule has 0 aliphatic heterocycles. The maximum absolute atomic E-state index is 10.7. The molecule has 0 atom stereocenters. The van der Waals surface area contributed by atoms with Crippen molar-refractivity contribution in [3.05, 3.63) is 33.3 Å². The van der Waals surface area contributed by atoms with E-state index in [-0.39, 0.29) is 33.9 Å². The summed E-state index contributed by atoms with van der Waals surface area (Å²) in [6, 6.07) is 3.87. The molecular formula is C10H5ClN6O4. The minimum Gasteiger partial charge on any atom is -0.379 e. The normalized spacial score (nSPS) is 10.7. The molecule has 0 aliphatic carbocycles. The summed E-state index contributed by atoms with van der Waals surface area (Å²) in [6.07, 6.45) is 0. The number of nitrogens with zero attached hydrogens (tertiary/aromatic N) is 5. The van der Waals surface area contributed by atoms with Gasteiger partial charge in [-0.3, -0.25) is 10.1 Å². The van der Waals surface area contributed by atoms with E-state index in [9.17, 15) is 10.1 Å². The zero-order chi connectivity index (χ0) is 15.0. The van der Waals surface area contributed by atoms with Crippen LogP contribution in [0, 0.1) is 10.1 Å². The first-order valence-corrected chi connectivity index (χ1v) is 5.80. The van der Waals surface area contributed by atoms with Crippen molar-refractivity contribution in [3.63, 3.8) is 0 Å². The van der Waals surface area contributed by atoms with Crippen LogP contribution in [0.4, 0.5) is 11.5 Å². The molecule has 21 heavy (non-hydrogen) atoms. The highest BCUT2D eigenvalue weighted by Gasteiger charge is 2.20. The fourth-order valence-corrected chi connectivity index (χ4v) is 1.83. The van der Waals surface area contributed by atoms with Crippen molar-refractivity contribution in [2.24, 2.45) is 0 Å². The smallest absolute Gasteiger partial charge is 0.270 e. The number of hydrogen-bond acceptors (Lipinski definition) is 9. The SMILES string of the molecule is Nc1nonc1-c1noc(-c2ccc([N+](=O)[O-])cc2Cl)n1. The molecule has 106 valence electrons. The Labute approximate surface area is 120 Å². The van der Waals surface area contributed by atoms with Gasteiger partial charge in [0.15, 0.2) is 11.5 Å². The Kier molecular flexibility index (Phi) is 2.99. The number of nitrogen functional groups attached to an aromatic ring is 1. The van der Waals surface area contributed by atoms with Gasteiger partial charge >= 0.3 is 0 Å². The van der Waals surface area contributed by atoms with Gasteiger partial charge in [0, 0.05) is 12.1 Å². The Morgan fingerprint density at radius 2 is 2.10 bits per heavy atom. The Balaban J connectivity index is 2.01. The van der Waals surface area contributed by atoms with E-state index in [1.165, 1.54) is 18.2 Å². The molecule has 2 aromatic heterocycles. The van der Waals surface area contributed by atoms with Crippen LogP contribution < -0.4 is 5.73 Å². The van der Waals surface area contributed by atoms with Gasteiger partial charge in [-0.1, -0.05) is 16.8 Å². The topological polar surface area (TPSA) is 147 Å². The summed E-state index contributed by atoms with van der Waals surface area (Å²) in [5.41, 5.74) is 5.84. The van der Waals surface area contributed by atoms with Gasteiger partial charge in [-0.05, 0) is 16.4 Å². The quantitative estimate of drug-likeness (QED) is 0.565. The molecule has 0 saturated carbocycles. The van der Waals surface area contributed by atoms with Crippen molar-refractivity contribution < 1.29 is 14.1 Å². The summed E-state index contributed by atoms with van der Waals surface area (Å²) in [5.74, 6) is 0.141. The van der Waals surface area contributed by atoms with Crippen LogP contribution in [0.2, 0.25) is 5.02 Å². The molecule has 1 aromatic carbocycles. The number of nitrogens with two attached hydrogens (primary N) is 1. The molecule has 10 nitrogen and oxygen atoms in total. The zero-order valence-corrected chi connectivity index (χ0v) is 10.8. The number of rotatable bonds is 3. The number of aromatic nitrogens is 4. The van der Waals surface area contributed by atoms with Crippen molar-refractivity contribution in [2.75, 3.05) is 5.73 Å². The average molecular weight is 309 g/mol. The summed E-state index contributed by atoms with van der Waals surface area (Å²) in [4.78, 5) is 14.1. The Morgan fingerprint density at radius 3 is 2.71 bits per heavy atom. The second-order valence-electron chi connectivity index (χ2n) is 3.84. The number of nitro benzene ring substituents is 1. The highest BCUT2D eigenvalue weighted by atomic mass is 35.5. The number of nitro groups is 1. The zero-order valence-electron chi connectivity index (χ0n) is 10.1. The fraction of sp³-hybridized carbons (Fsp3) is 0. The number of non-ortho nitro benzene ring substituents is 1. The van der Waals surface area contributed by atoms with Crippen LogP contribution in [0.5, 0.6) is 0 Å². The third-order valence-corrected chi connectivity index (χ3v) is 2.86. The van der Waals surface area contributed by atoms with Crippen LogP contribution in [0.3, 0.4) is 0 Å². The Hall–Kier alpha value is -3.01. The van der Waals surface area contributed by atoms with Gasteiger partial charge in [0.25, 0.3) is 11.6 Å². The standard InChI is InChI=1S/C10H5ClN6O4/c11-6-3-4(17(18)19)1-2-5(6)10-13-9(16-20-10)7-8(12)15-21-14-7/h1-3H,(H2,12,15). The van der Waals surface area contributed by atoms with Crippen LogP contribution in [0.15, 0.2) is 27.4 Å². The second-order valence-corrected chi connectivity index (χ2v) is 4.25. The van der Waals surface area contributed by atoms with Crippen molar-refractivity contribution >= 4 is 23.1 Å². The van der Waals surface area contributed by atoms with Gasteiger partial charge in [-0.15, -0.1) is 0 Å². The number of halogens is 1. The predicted molar refractivity (Wildman–Crippen MR) is 69.1 cm³/mol. The van der Waals surface area contributed by atoms with Crippen molar-refractivity contribution in [1.82, 2.24) is 20.5 Å². The second kappa shape index (κ2) is 4.83. The molecule has 0 saturated heterocycles. The highest BCUT2D eigenvalue weighted by molar-refractivity contribution is 6.33. The monoisotopic (exact) mass is 308 g/mol. The molecule has 0 radical (unpaired) electrons. The Bertz CT molecular complexity index is 829. The summed E-state index contributed by atoms with van der Waals surface area (Å²) >= 11 is 5.97. The van der Waals surface area contributed by atoms with Crippen LogP contribution in [0.25, 0.3) is 23.0 Å². The lowest BCUT2D eigenvalue weighted by molar-refractivity contribution is -0.384. The van der Waals surface area contributed by atoms with Gasteiger partial charge in [0.1, 0.15) is 0 Å². The maximum Gasteiger partial charge on any atom is 0.270 e. The summed E-state index contributed by atoms with van der Waals surface area (Å²) in [7, 11) is 0. The minimum atomic E-state index is -0.559. The fourth-order valence-electron chi connectivity index (χ4n) is 1.57. The van der Waals surface area contributed by atoms with E-state index in [1.54, 1.807) is 0 Å². The van der Waals surface area contributed by atoms with E-state index in [0.29, 0.717) is 5.56 Å². The molecule has 3 aromatic rings. The van der Waals surface area contributed by atoms with Crippen molar-refractivity contribution in [1.29, 1.82) is 0 Å². The van der Waals surface area contributed by atoms with Crippen molar-refractivity contribution in [3.8, 4) is 23.0 Å². The van der Waals surface area contributed by atoms with E-state index in [0.717, 1.165) is 0 Å². The summed E-state index contributed by atoms with van der Waals surface area (Å²) < 4.78 is 9.46. The van der Waals surface area contributed by atoms with E-state index >= 15 is 0 Å². The summed E-state index contributed by atoms with van der Waals surface area (Å²) in [5, 5.41) is 21.4.